The third kappa shape index (κ3) is 1.79. The van der Waals surface area contributed by atoms with E-state index in [9.17, 15) is 0 Å². The van der Waals surface area contributed by atoms with Gasteiger partial charge in [0.25, 0.3) is 0 Å². The second-order valence-corrected chi connectivity index (χ2v) is 7.95. The Morgan fingerprint density at radius 2 is 1.46 bits per heavy atom. The van der Waals surface area contributed by atoms with Crippen LogP contribution in [0, 0.1) is 0 Å². The lowest BCUT2D eigenvalue weighted by molar-refractivity contribution is 0.960. The first kappa shape index (κ1) is 14.6. The van der Waals surface area contributed by atoms with Crippen molar-refractivity contribution in [3.63, 3.8) is 0 Å². The summed E-state index contributed by atoms with van der Waals surface area (Å²) < 4.78 is 0. The van der Waals surface area contributed by atoms with Gasteiger partial charge >= 0.3 is 0 Å². The fourth-order valence-electron chi connectivity index (χ4n) is 5.19. The second-order valence-electron chi connectivity index (χ2n) is 7.95. The summed E-state index contributed by atoms with van der Waals surface area (Å²) in [6, 6.07) is 17.8. The number of nitrogens with zero attached hydrogens (tertiary/aromatic N) is 3. The summed E-state index contributed by atoms with van der Waals surface area (Å²) in [5.41, 5.74) is 13.4. The van der Waals surface area contributed by atoms with Crippen molar-refractivity contribution in [1.29, 1.82) is 0 Å². The van der Waals surface area contributed by atoms with Crippen molar-refractivity contribution in [2.75, 3.05) is 4.90 Å². The maximum Gasteiger partial charge on any atom is 0.141 e. The quantitative estimate of drug-likeness (QED) is 0.367. The summed E-state index contributed by atoms with van der Waals surface area (Å²) in [5, 5.41) is 0. The number of pyridine rings is 2. The molecular formula is C25H17N3. The van der Waals surface area contributed by atoms with Crippen LogP contribution in [-0.2, 0) is 19.3 Å². The van der Waals surface area contributed by atoms with Gasteiger partial charge in [0, 0.05) is 31.4 Å². The van der Waals surface area contributed by atoms with Crippen LogP contribution in [0.2, 0.25) is 0 Å². The standard InChI is InChI=1S/C25H17N3/c1-2-6-21-15(4-1)8-17-10-18-11-20-14-26-13-19-9-16-5-3-7-27-25(16)28(24(19)20)23(18)12-22(17)21/h1-7,10,12-14H,8-9,11H2. The number of benzene rings is 2. The summed E-state index contributed by atoms with van der Waals surface area (Å²) in [6.07, 6.45) is 8.83. The Bertz CT molecular complexity index is 1310. The Labute approximate surface area is 163 Å². The van der Waals surface area contributed by atoms with Gasteiger partial charge in [-0.25, -0.2) is 4.98 Å². The molecule has 4 heterocycles. The minimum Gasteiger partial charge on any atom is -0.294 e. The van der Waals surface area contributed by atoms with Gasteiger partial charge < -0.3 is 0 Å². The number of hydrogen-bond donors (Lipinski definition) is 0. The van der Waals surface area contributed by atoms with E-state index in [1.54, 1.807) is 0 Å². The summed E-state index contributed by atoms with van der Waals surface area (Å²) in [5.74, 6) is 1.06. The monoisotopic (exact) mass is 359 g/mol. The highest BCUT2D eigenvalue weighted by Gasteiger charge is 2.34. The van der Waals surface area contributed by atoms with Crippen molar-refractivity contribution >= 4 is 17.2 Å². The van der Waals surface area contributed by atoms with Gasteiger partial charge in [0.15, 0.2) is 0 Å². The van der Waals surface area contributed by atoms with Crippen LogP contribution in [0.15, 0.2) is 67.1 Å². The van der Waals surface area contributed by atoms with Crippen molar-refractivity contribution in [3.8, 4) is 11.1 Å². The predicted molar refractivity (Wildman–Crippen MR) is 111 cm³/mol. The van der Waals surface area contributed by atoms with Crippen molar-refractivity contribution in [2.24, 2.45) is 0 Å². The molecule has 0 saturated carbocycles. The first-order chi connectivity index (χ1) is 13.9. The Morgan fingerprint density at radius 3 is 2.39 bits per heavy atom. The molecule has 2 aromatic heterocycles. The fourth-order valence-corrected chi connectivity index (χ4v) is 5.19. The average Bonchev–Trinajstić information content (AvgIpc) is 3.09. The van der Waals surface area contributed by atoms with E-state index in [0.717, 1.165) is 25.1 Å². The maximum absolute atomic E-state index is 4.79. The zero-order valence-electron chi connectivity index (χ0n) is 15.3. The van der Waals surface area contributed by atoms with E-state index in [4.69, 9.17) is 4.98 Å². The van der Waals surface area contributed by atoms with Crippen molar-refractivity contribution in [2.45, 2.75) is 19.3 Å². The van der Waals surface area contributed by atoms with Crippen LogP contribution in [0.4, 0.5) is 17.2 Å². The average molecular weight is 359 g/mol. The molecule has 0 spiro atoms. The topological polar surface area (TPSA) is 29.0 Å². The van der Waals surface area contributed by atoms with Crippen LogP contribution in [0.25, 0.3) is 11.1 Å². The van der Waals surface area contributed by atoms with Gasteiger partial charge in [0.05, 0.1) is 11.4 Å². The minimum atomic E-state index is 0.902. The summed E-state index contributed by atoms with van der Waals surface area (Å²) >= 11 is 0. The summed E-state index contributed by atoms with van der Waals surface area (Å²) in [7, 11) is 0. The van der Waals surface area contributed by atoms with Crippen molar-refractivity contribution < 1.29 is 0 Å². The van der Waals surface area contributed by atoms with Gasteiger partial charge in [-0.05, 0) is 63.1 Å². The van der Waals surface area contributed by atoms with Crippen LogP contribution in [0.1, 0.15) is 33.4 Å². The number of rotatable bonds is 0. The highest BCUT2D eigenvalue weighted by Crippen LogP contribution is 2.51. The summed E-state index contributed by atoms with van der Waals surface area (Å²) in [4.78, 5) is 11.7. The number of hydrogen-bond acceptors (Lipinski definition) is 3. The van der Waals surface area contributed by atoms with E-state index in [1.165, 1.54) is 55.9 Å². The second kappa shape index (κ2) is 5.08. The van der Waals surface area contributed by atoms with E-state index >= 15 is 0 Å². The Balaban J connectivity index is 1.53. The van der Waals surface area contributed by atoms with E-state index < -0.39 is 0 Å². The van der Waals surface area contributed by atoms with Gasteiger partial charge in [-0.1, -0.05) is 36.4 Å². The molecule has 4 aromatic rings. The molecule has 0 fully saturated rings. The Morgan fingerprint density at radius 1 is 0.679 bits per heavy atom. The minimum absolute atomic E-state index is 0.902. The molecule has 7 rings (SSSR count). The molecule has 3 nitrogen and oxygen atoms in total. The van der Waals surface area contributed by atoms with Crippen LogP contribution in [0.5, 0.6) is 0 Å². The Kier molecular flexibility index (Phi) is 2.64. The maximum atomic E-state index is 4.79. The molecule has 0 saturated heterocycles. The first-order valence-electron chi connectivity index (χ1n) is 9.81. The molecule has 0 N–H and O–H groups in total. The molecule has 0 atom stereocenters. The van der Waals surface area contributed by atoms with Gasteiger partial charge in [-0.2, -0.15) is 0 Å². The lowest BCUT2D eigenvalue weighted by Crippen LogP contribution is -2.26. The van der Waals surface area contributed by atoms with Gasteiger partial charge in [-0.3, -0.25) is 9.88 Å². The van der Waals surface area contributed by atoms with E-state index in [-0.39, 0.29) is 0 Å². The largest absolute Gasteiger partial charge is 0.294 e. The number of fused-ring (bicyclic) bond motifs is 7. The first-order valence-corrected chi connectivity index (χ1v) is 9.81. The fraction of sp³-hybridized carbons (Fsp3) is 0.120. The molecule has 0 amide bonds. The lowest BCUT2D eigenvalue weighted by Gasteiger charge is -2.38. The van der Waals surface area contributed by atoms with E-state index in [0.29, 0.717) is 0 Å². The SMILES string of the molecule is c1ccc2c(c1)Cc1cc3c(cc1-2)N1c2ncccc2Cc2cncc(c21)C3. The molecule has 132 valence electrons. The molecule has 3 aliphatic rings. The van der Waals surface area contributed by atoms with Crippen LogP contribution in [-0.4, -0.2) is 9.97 Å². The highest BCUT2D eigenvalue weighted by molar-refractivity contribution is 5.91. The molecule has 0 radical (unpaired) electrons. The normalized spacial score (nSPS) is 14.6. The molecule has 3 heteroatoms. The third-order valence-electron chi connectivity index (χ3n) is 6.37. The van der Waals surface area contributed by atoms with Crippen LogP contribution in [0.3, 0.4) is 0 Å². The van der Waals surface area contributed by atoms with Crippen LogP contribution < -0.4 is 4.90 Å². The molecule has 2 aliphatic heterocycles. The van der Waals surface area contributed by atoms with E-state index in [2.05, 4.69) is 52.3 Å². The molecule has 1 aliphatic carbocycles. The molecule has 0 unspecified atom stereocenters. The molecule has 28 heavy (non-hydrogen) atoms. The predicted octanol–water partition coefficient (Wildman–Crippen LogP) is 5.33. The van der Waals surface area contributed by atoms with E-state index in [1.807, 2.05) is 24.7 Å². The van der Waals surface area contributed by atoms with Gasteiger partial charge in [0.2, 0.25) is 0 Å². The lowest BCUT2D eigenvalue weighted by atomic mass is 9.88. The molecule has 0 bridgehead atoms. The third-order valence-corrected chi connectivity index (χ3v) is 6.37. The number of anilines is 3. The van der Waals surface area contributed by atoms with Gasteiger partial charge in [-0.15, -0.1) is 0 Å². The van der Waals surface area contributed by atoms with Crippen LogP contribution >= 0.6 is 0 Å². The molecule has 2 aromatic carbocycles. The Hall–Kier alpha value is -3.46. The number of aromatic nitrogens is 2. The van der Waals surface area contributed by atoms with Gasteiger partial charge in [0.1, 0.15) is 5.82 Å². The van der Waals surface area contributed by atoms with Crippen molar-refractivity contribution in [1.82, 2.24) is 9.97 Å². The zero-order chi connectivity index (χ0) is 18.2. The zero-order valence-corrected chi connectivity index (χ0v) is 15.3. The summed E-state index contributed by atoms with van der Waals surface area (Å²) in [6.45, 7) is 0. The van der Waals surface area contributed by atoms with Crippen molar-refractivity contribution in [3.05, 3.63) is 101 Å². The molecular weight excluding hydrogens is 342 g/mol. The smallest absolute Gasteiger partial charge is 0.141 e. The highest BCUT2D eigenvalue weighted by atomic mass is 15.2.